The van der Waals surface area contributed by atoms with Gasteiger partial charge in [0.15, 0.2) is 0 Å². The van der Waals surface area contributed by atoms with E-state index in [4.69, 9.17) is 4.42 Å². The second kappa shape index (κ2) is 4.08. The summed E-state index contributed by atoms with van der Waals surface area (Å²) in [5, 5.41) is 3.21. The Morgan fingerprint density at radius 2 is 1.55 bits per heavy atom. The maximum Gasteiger partial charge on any atom is 0.336 e. The van der Waals surface area contributed by atoms with Crippen molar-refractivity contribution in [1.82, 2.24) is 0 Å². The Morgan fingerprint density at radius 1 is 0.773 bits per heavy atom. The molecule has 1 aliphatic rings. The molecular formula is C20H12O2. The first-order valence-electron chi connectivity index (χ1n) is 7.38. The molecule has 0 unspecified atom stereocenters. The Bertz CT molecular complexity index is 1120. The zero-order valence-electron chi connectivity index (χ0n) is 11.8. The highest BCUT2D eigenvalue weighted by Gasteiger charge is 2.24. The van der Waals surface area contributed by atoms with Crippen molar-refractivity contribution in [3.05, 3.63) is 82.2 Å². The topological polar surface area (TPSA) is 30.2 Å². The molecule has 104 valence electrons. The van der Waals surface area contributed by atoms with E-state index in [-0.39, 0.29) is 5.63 Å². The molecule has 1 aliphatic carbocycles. The third-order valence-corrected chi connectivity index (χ3v) is 4.56. The van der Waals surface area contributed by atoms with Crippen molar-refractivity contribution < 1.29 is 4.42 Å². The number of hydrogen-bond donors (Lipinski definition) is 0. The maximum atomic E-state index is 11.7. The monoisotopic (exact) mass is 284 g/mol. The van der Waals surface area contributed by atoms with E-state index in [1.54, 1.807) is 0 Å². The Kier molecular flexibility index (Phi) is 2.18. The molecule has 0 spiro atoms. The first kappa shape index (κ1) is 11.8. The van der Waals surface area contributed by atoms with Gasteiger partial charge in [-0.05, 0) is 40.1 Å². The summed E-state index contributed by atoms with van der Waals surface area (Å²) in [4.78, 5) is 11.7. The van der Waals surface area contributed by atoms with Gasteiger partial charge in [0.25, 0.3) is 0 Å². The lowest BCUT2D eigenvalue weighted by atomic mass is 9.94. The fourth-order valence-corrected chi connectivity index (χ4v) is 3.65. The van der Waals surface area contributed by atoms with Crippen molar-refractivity contribution in [2.24, 2.45) is 0 Å². The molecule has 0 N–H and O–H groups in total. The first-order chi connectivity index (χ1) is 10.8. The fraction of sp³-hybridized carbons (Fsp3) is 0.0500. The number of fused-ring (bicyclic) bond motifs is 8. The Hall–Kier alpha value is -2.87. The van der Waals surface area contributed by atoms with Crippen molar-refractivity contribution in [3.8, 4) is 11.1 Å². The quantitative estimate of drug-likeness (QED) is 0.309. The van der Waals surface area contributed by atoms with Gasteiger partial charge in [0.1, 0.15) is 5.58 Å². The van der Waals surface area contributed by atoms with Crippen LogP contribution in [0.2, 0.25) is 0 Å². The number of hydrogen-bond acceptors (Lipinski definition) is 2. The number of rotatable bonds is 0. The molecule has 0 saturated heterocycles. The molecule has 1 aromatic heterocycles. The summed E-state index contributed by atoms with van der Waals surface area (Å²) >= 11 is 0. The first-order valence-corrected chi connectivity index (χ1v) is 7.38. The van der Waals surface area contributed by atoms with Crippen LogP contribution in [-0.4, -0.2) is 0 Å². The Morgan fingerprint density at radius 3 is 2.45 bits per heavy atom. The van der Waals surface area contributed by atoms with Gasteiger partial charge < -0.3 is 4.42 Å². The maximum absolute atomic E-state index is 11.7. The highest BCUT2D eigenvalue weighted by molar-refractivity contribution is 6.15. The summed E-state index contributed by atoms with van der Waals surface area (Å²) in [6.45, 7) is 0. The highest BCUT2D eigenvalue weighted by Crippen LogP contribution is 2.45. The van der Waals surface area contributed by atoms with E-state index in [1.807, 2.05) is 24.3 Å². The SMILES string of the molecule is O=c1ccc2c3c(c4ccccc4c2o1)-c1ccccc1C3. The molecule has 0 radical (unpaired) electrons. The van der Waals surface area contributed by atoms with Crippen LogP contribution in [0.15, 0.2) is 69.9 Å². The molecule has 0 amide bonds. The summed E-state index contributed by atoms with van der Waals surface area (Å²) in [5.41, 5.74) is 5.58. The predicted octanol–water partition coefficient (Wildman–Crippen LogP) is 4.52. The van der Waals surface area contributed by atoms with Crippen LogP contribution in [0.1, 0.15) is 11.1 Å². The van der Waals surface area contributed by atoms with Gasteiger partial charge in [0, 0.05) is 16.8 Å². The predicted molar refractivity (Wildman–Crippen MR) is 88.2 cm³/mol. The average Bonchev–Trinajstić information content (AvgIpc) is 2.94. The van der Waals surface area contributed by atoms with Crippen LogP contribution in [0.25, 0.3) is 32.9 Å². The third-order valence-electron chi connectivity index (χ3n) is 4.56. The molecule has 22 heavy (non-hydrogen) atoms. The van der Waals surface area contributed by atoms with Crippen LogP contribution in [0.4, 0.5) is 0 Å². The molecule has 0 aliphatic heterocycles. The smallest absolute Gasteiger partial charge is 0.336 e. The van der Waals surface area contributed by atoms with E-state index >= 15 is 0 Å². The molecule has 0 atom stereocenters. The molecule has 1 heterocycles. The summed E-state index contributed by atoms with van der Waals surface area (Å²) in [7, 11) is 0. The van der Waals surface area contributed by atoms with Gasteiger partial charge in [-0.2, -0.15) is 0 Å². The minimum atomic E-state index is -0.298. The van der Waals surface area contributed by atoms with Crippen LogP contribution in [0, 0.1) is 0 Å². The van der Waals surface area contributed by atoms with Crippen molar-refractivity contribution >= 4 is 21.7 Å². The van der Waals surface area contributed by atoms with Crippen LogP contribution in [0.5, 0.6) is 0 Å². The summed E-state index contributed by atoms with van der Waals surface area (Å²) in [6.07, 6.45) is 0.889. The molecule has 0 bridgehead atoms. The van der Waals surface area contributed by atoms with E-state index in [9.17, 15) is 4.79 Å². The largest absolute Gasteiger partial charge is 0.422 e. The Balaban J connectivity index is 2.09. The molecular weight excluding hydrogens is 272 g/mol. The normalized spacial score (nSPS) is 12.5. The molecule has 4 aromatic rings. The lowest BCUT2D eigenvalue weighted by Gasteiger charge is -2.10. The number of benzene rings is 3. The third kappa shape index (κ3) is 1.41. The fourth-order valence-electron chi connectivity index (χ4n) is 3.65. The highest BCUT2D eigenvalue weighted by atomic mass is 16.4. The van der Waals surface area contributed by atoms with Gasteiger partial charge in [-0.25, -0.2) is 4.79 Å². The van der Waals surface area contributed by atoms with Crippen molar-refractivity contribution in [1.29, 1.82) is 0 Å². The van der Waals surface area contributed by atoms with Gasteiger partial charge in [0.2, 0.25) is 0 Å². The zero-order valence-corrected chi connectivity index (χ0v) is 11.8. The van der Waals surface area contributed by atoms with Crippen molar-refractivity contribution in [2.45, 2.75) is 6.42 Å². The lowest BCUT2D eigenvalue weighted by Crippen LogP contribution is -1.97. The van der Waals surface area contributed by atoms with Gasteiger partial charge in [0.05, 0.1) is 0 Å². The van der Waals surface area contributed by atoms with E-state index < -0.39 is 0 Å². The lowest BCUT2D eigenvalue weighted by molar-refractivity contribution is 0.564. The van der Waals surface area contributed by atoms with E-state index in [0.717, 1.165) is 22.6 Å². The second-order valence-corrected chi connectivity index (χ2v) is 5.73. The molecule has 5 rings (SSSR count). The van der Waals surface area contributed by atoms with E-state index in [1.165, 1.54) is 28.3 Å². The average molecular weight is 284 g/mol. The van der Waals surface area contributed by atoms with Gasteiger partial charge in [-0.3, -0.25) is 0 Å². The van der Waals surface area contributed by atoms with Crippen LogP contribution >= 0.6 is 0 Å². The summed E-state index contributed by atoms with van der Waals surface area (Å²) in [5.74, 6) is 0. The van der Waals surface area contributed by atoms with E-state index in [0.29, 0.717) is 5.58 Å². The van der Waals surface area contributed by atoms with Crippen LogP contribution in [0.3, 0.4) is 0 Å². The standard InChI is InChI=1S/C20H12O2/c21-18-10-9-16-17-11-12-5-1-2-6-13(12)19(17)14-7-3-4-8-15(14)20(16)22-18/h1-10H,11H2. The molecule has 0 saturated carbocycles. The summed E-state index contributed by atoms with van der Waals surface area (Å²) in [6, 6.07) is 20.1. The molecule has 3 aromatic carbocycles. The minimum Gasteiger partial charge on any atom is -0.422 e. The van der Waals surface area contributed by atoms with Crippen molar-refractivity contribution in [2.75, 3.05) is 0 Å². The van der Waals surface area contributed by atoms with Crippen molar-refractivity contribution in [3.63, 3.8) is 0 Å². The zero-order chi connectivity index (χ0) is 14.7. The van der Waals surface area contributed by atoms with Crippen LogP contribution < -0.4 is 5.63 Å². The van der Waals surface area contributed by atoms with Gasteiger partial charge in [-0.15, -0.1) is 0 Å². The van der Waals surface area contributed by atoms with Gasteiger partial charge >= 0.3 is 5.63 Å². The molecule has 2 heteroatoms. The van der Waals surface area contributed by atoms with Crippen LogP contribution in [-0.2, 0) is 6.42 Å². The molecule has 2 nitrogen and oxygen atoms in total. The summed E-state index contributed by atoms with van der Waals surface area (Å²) < 4.78 is 5.54. The Labute approximate surface area is 126 Å². The molecule has 0 fully saturated rings. The minimum absolute atomic E-state index is 0.298. The second-order valence-electron chi connectivity index (χ2n) is 5.73. The van der Waals surface area contributed by atoms with E-state index in [2.05, 4.69) is 30.3 Å². The van der Waals surface area contributed by atoms with Gasteiger partial charge in [-0.1, -0.05) is 48.5 Å².